The maximum Gasteiger partial charge on any atom is 0.292 e. The van der Waals surface area contributed by atoms with Gasteiger partial charge >= 0.3 is 0 Å². The van der Waals surface area contributed by atoms with Crippen LogP contribution in [0.5, 0.6) is 0 Å². The van der Waals surface area contributed by atoms with Gasteiger partial charge in [-0.15, -0.1) is 0 Å². The molecule has 0 saturated carbocycles. The molecule has 1 heterocycles. The molecule has 0 radical (unpaired) electrons. The fourth-order valence-corrected chi connectivity index (χ4v) is 2.85. The Morgan fingerprint density at radius 3 is 2.39 bits per heavy atom. The Kier molecular flexibility index (Phi) is 5.58. The van der Waals surface area contributed by atoms with E-state index in [9.17, 15) is 18.4 Å². The number of aromatic nitrogens is 2. The lowest BCUT2D eigenvalue weighted by Gasteiger charge is -2.10. The van der Waals surface area contributed by atoms with Crippen LogP contribution in [0.2, 0.25) is 0 Å². The molecule has 8 heteroatoms. The molecule has 2 aromatic carbocycles. The number of fused-ring (bicyclic) bond motifs is 1. The van der Waals surface area contributed by atoms with Crippen molar-refractivity contribution in [2.75, 3.05) is 0 Å². The van der Waals surface area contributed by atoms with Crippen molar-refractivity contribution in [2.45, 2.75) is 26.8 Å². The molecule has 0 fully saturated rings. The number of rotatable bonds is 5. The summed E-state index contributed by atoms with van der Waals surface area (Å²) in [6.07, 6.45) is 0.663. The molecule has 6 nitrogen and oxygen atoms in total. The Balaban J connectivity index is 2.00. The van der Waals surface area contributed by atoms with Crippen molar-refractivity contribution in [2.24, 2.45) is 5.10 Å². The third-order valence-corrected chi connectivity index (χ3v) is 4.17. The topological polar surface area (TPSA) is 76.3 Å². The van der Waals surface area contributed by atoms with E-state index in [0.717, 1.165) is 12.1 Å². The Morgan fingerprint density at radius 1 is 1.11 bits per heavy atom. The predicted octanol–water partition coefficient (Wildman–Crippen LogP) is 3.24. The number of carbonyl (C=O) groups excluding carboxylic acids is 1. The fraction of sp³-hybridized carbons (Fsp3) is 0.200. The smallest absolute Gasteiger partial charge is 0.267 e. The van der Waals surface area contributed by atoms with Crippen molar-refractivity contribution >= 4 is 22.4 Å². The predicted molar refractivity (Wildman–Crippen MR) is 102 cm³/mol. The first-order valence-electron chi connectivity index (χ1n) is 8.73. The van der Waals surface area contributed by atoms with Crippen LogP contribution in [-0.2, 0) is 6.54 Å². The lowest BCUT2D eigenvalue weighted by molar-refractivity contribution is 0.0949. The molecule has 1 N–H and O–H groups in total. The fourth-order valence-electron chi connectivity index (χ4n) is 2.85. The second-order valence-electron chi connectivity index (χ2n) is 6.16. The number of hydrazone groups is 1. The van der Waals surface area contributed by atoms with Gasteiger partial charge < -0.3 is 0 Å². The lowest BCUT2D eigenvalue weighted by atomic mass is 10.1. The van der Waals surface area contributed by atoms with Gasteiger partial charge in [-0.25, -0.2) is 18.9 Å². The van der Waals surface area contributed by atoms with E-state index in [1.54, 1.807) is 24.3 Å². The number of nitrogens with zero attached hydrogens (tertiary/aromatic N) is 3. The zero-order chi connectivity index (χ0) is 20.3. The monoisotopic (exact) mass is 384 g/mol. The van der Waals surface area contributed by atoms with Crippen LogP contribution >= 0.6 is 0 Å². The SMILES string of the molecule is CCCn1nc(C(=O)N/N=C(/C)c2c(F)cccc2F)c2ccccc2c1=O. The van der Waals surface area contributed by atoms with Crippen LogP contribution in [0.1, 0.15) is 36.3 Å². The van der Waals surface area contributed by atoms with Crippen LogP contribution in [-0.4, -0.2) is 21.4 Å². The zero-order valence-electron chi connectivity index (χ0n) is 15.4. The summed E-state index contributed by atoms with van der Waals surface area (Å²) in [6, 6.07) is 10.1. The Morgan fingerprint density at radius 2 is 1.75 bits per heavy atom. The van der Waals surface area contributed by atoms with E-state index in [1.807, 2.05) is 6.92 Å². The number of carbonyl (C=O) groups is 1. The van der Waals surface area contributed by atoms with E-state index in [4.69, 9.17) is 0 Å². The molecule has 1 aromatic heterocycles. The molecule has 0 aliphatic heterocycles. The van der Waals surface area contributed by atoms with Gasteiger partial charge in [0.25, 0.3) is 11.5 Å². The van der Waals surface area contributed by atoms with E-state index in [0.29, 0.717) is 23.7 Å². The van der Waals surface area contributed by atoms with Crippen molar-refractivity contribution < 1.29 is 13.6 Å². The maximum atomic E-state index is 13.9. The highest BCUT2D eigenvalue weighted by atomic mass is 19.1. The summed E-state index contributed by atoms with van der Waals surface area (Å²) in [7, 11) is 0. The summed E-state index contributed by atoms with van der Waals surface area (Å²) in [6.45, 7) is 3.62. The molecule has 144 valence electrons. The van der Waals surface area contributed by atoms with Crippen molar-refractivity contribution in [1.29, 1.82) is 0 Å². The molecule has 0 aliphatic rings. The number of hydrogen-bond donors (Lipinski definition) is 1. The Labute approximate surface area is 159 Å². The van der Waals surface area contributed by atoms with Crippen LogP contribution in [0.25, 0.3) is 10.8 Å². The first-order chi connectivity index (χ1) is 13.4. The number of aryl methyl sites for hydroxylation is 1. The van der Waals surface area contributed by atoms with E-state index in [-0.39, 0.29) is 22.5 Å². The van der Waals surface area contributed by atoms with Crippen LogP contribution in [0.3, 0.4) is 0 Å². The van der Waals surface area contributed by atoms with Crippen LogP contribution in [0.15, 0.2) is 52.4 Å². The van der Waals surface area contributed by atoms with E-state index >= 15 is 0 Å². The third-order valence-electron chi connectivity index (χ3n) is 4.17. The summed E-state index contributed by atoms with van der Waals surface area (Å²) in [4.78, 5) is 25.1. The Bertz CT molecular complexity index is 1120. The third kappa shape index (κ3) is 3.66. The highest BCUT2D eigenvalue weighted by Gasteiger charge is 2.17. The maximum absolute atomic E-state index is 13.9. The highest BCUT2D eigenvalue weighted by Crippen LogP contribution is 2.15. The van der Waals surface area contributed by atoms with Gasteiger partial charge in [-0.2, -0.15) is 10.2 Å². The van der Waals surface area contributed by atoms with Crippen molar-refractivity contribution in [3.63, 3.8) is 0 Å². The van der Waals surface area contributed by atoms with Gasteiger partial charge in [0, 0.05) is 11.9 Å². The standard InChI is InChI=1S/C20H18F2N4O2/c1-3-11-26-20(28)14-8-5-4-7-13(14)18(25-26)19(27)24-23-12(2)17-15(21)9-6-10-16(17)22/h4-10H,3,11H2,1-2H3,(H,24,27)/b23-12-. The van der Waals surface area contributed by atoms with Crippen molar-refractivity contribution in [3.05, 3.63) is 75.7 Å². The molecule has 0 unspecified atom stereocenters. The van der Waals surface area contributed by atoms with Crippen LogP contribution in [0.4, 0.5) is 8.78 Å². The minimum Gasteiger partial charge on any atom is -0.267 e. The lowest BCUT2D eigenvalue weighted by Crippen LogP contribution is -2.29. The van der Waals surface area contributed by atoms with Crippen LogP contribution < -0.4 is 11.0 Å². The first-order valence-corrected chi connectivity index (χ1v) is 8.73. The number of benzene rings is 2. The number of amides is 1. The van der Waals surface area contributed by atoms with Crippen LogP contribution in [0, 0.1) is 11.6 Å². The number of nitrogens with one attached hydrogen (secondary N) is 1. The summed E-state index contributed by atoms with van der Waals surface area (Å²) in [5, 5.41) is 8.69. The Hall–Kier alpha value is -3.42. The molecule has 1 amide bonds. The van der Waals surface area contributed by atoms with Crippen molar-refractivity contribution in [1.82, 2.24) is 15.2 Å². The largest absolute Gasteiger partial charge is 0.292 e. The molecule has 28 heavy (non-hydrogen) atoms. The molecular formula is C20H18F2N4O2. The van der Waals surface area contributed by atoms with Gasteiger partial charge in [-0.1, -0.05) is 31.2 Å². The second kappa shape index (κ2) is 8.08. The summed E-state index contributed by atoms with van der Waals surface area (Å²) in [5.41, 5.74) is 1.63. The summed E-state index contributed by atoms with van der Waals surface area (Å²) in [5.74, 6) is -2.25. The molecule has 3 rings (SSSR count). The number of hydrogen-bond acceptors (Lipinski definition) is 4. The van der Waals surface area contributed by atoms with E-state index < -0.39 is 17.5 Å². The molecular weight excluding hydrogens is 366 g/mol. The molecule has 0 saturated heterocycles. The minimum absolute atomic E-state index is 0.00852. The average Bonchev–Trinajstić information content (AvgIpc) is 2.68. The molecule has 3 aromatic rings. The van der Waals surface area contributed by atoms with E-state index in [1.165, 1.54) is 17.7 Å². The van der Waals surface area contributed by atoms with Crippen molar-refractivity contribution in [3.8, 4) is 0 Å². The average molecular weight is 384 g/mol. The van der Waals surface area contributed by atoms with Gasteiger partial charge in [0.15, 0.2) is 5.69 Å². The number of halogens is 2. The summed E-state index contributed by atoms with van der Waals surface area (Å²) >= 11 is 0. The molecule has 0 aliphatic carbocycles. The highest BCUT2D eigenvalue weighted by molar-refractivity contribution is 6.06. The second-order valence-corrected chi connectivity index (χ2v) is 6.16. The van der Waals surface area contributed by atoms with Gasteiger partial charge in [0.1, 0.15) is 11.6 Å². The minimum atomic E-state index is -0.782. The van der Waals surface area contributed by atoms with Gasteiger partial charge in [0.2, 0.25) is 0 Å². The van der Waals surface area contributed by atoms with Gasteiger partial charge in [-0.05, 0) is 31.5 Å². The molecule has 0 atom stereocenters. The van der Waals surface area contributed by atoms with Gasteiger partial charge in [-0.3, -0.25) is 9.59 Å². The molecule has 0 spiro atoms. The normalized spacial score (nSPS) is 11.6. The van der Waals surface area contributed by atoms with Gasteiger partial charge in [0.05, 0.1) is 16.7 Å². The zero-order valence-corrected chi connectivity index (χ0v) is 15.4. The van der Waals surface area contributed by atoms with E-state index in [2.05, 4.69) is 15.6 Å². The molecule has 0 bridgehead atoms. The summed E-state index contributed by atoms with van der Waals surface area (Å²) < 4.78 is 28.9. The quantitative estimate of drug-likeness (QED) is 0.542. The first kappa shape index (κ1) is 19.3.